The standard InChI is InChI=1S/C16H18ClFN6/c17-14-20-15(19-11-5-6-11)22-16(21-14)24-9-7-23(8-10-24)13-4-2-1-3-12(13)18/h1-4,11H,5-10H2,(H,19,20,21,22). The highest BCUT2D eigenvalue weighted by molar-refractivity contribution is 6.28. The van der Waals surface area contributed by atoms with Crippen molar-refractivity contribution < 1.29 is 4.39 Å². The second kappa shape index (κ2) is 6.39. The molecule has 2 aromatic rings. The Labute approximate surface area is 144 Å². The Hall–Kier alpha value is -2.15. The monoisotopic (exact) mass is 348 g/mol. The number of aromatic nitrogens is 3. The van der Waals surface area contributed by atoms with Crippen LogP contribution < -0.4 is 15.1 Å². The first-order valence-corrected chi connectivity index (χ1v) is 8.49. The fourth-order valence-electron chi connectivity index (χ4n) is 2.81. The molecule has 1 saturated heterocycles. The number of piperazine rings is 1. The molecule has 2 aliphatic rings. The van der Waals surface area contributed by atoms with Gasteiger partial charge in [-0.15, -0.1) is 0 Å². The van der Waals surface area contributed by atoms with Gasteiger partial charge < -0.3 is 15.1 Å². The number of hydrogen-bond acceptors (Lipinski definition) is 6. The molecule has 1 N–H and O–H groups in total. The van der Waals surface area contributed by atoms with E-state index in [4.69, 9.17) is 11.6 Å². The second-order valence-corrected chi connectivity index (χ2v) is 6.41. The third-order valence-corrected chi connectivity index (χ3v) is 4.43. The molecule has 0 spiro atoms. The number of halogens is 2. The Morgan fingerprint density at radius 3 is 2.42 bits per heavy atom. The van der Waals surface area contributed by atoms with E-state index in [-0.39, 0.29) is 11.1 Å². The summed E-state index contributed by atoms with van der Waals surface area (Å²) in [7, 11) is 0. The van der Waals surface area contributed by atoms with Crippen LogP contribution in [-0.2, 0) is 0 Å². The van der Waals surface area contributed by atoms with Crippen LogP contribution in [0, 0.1) is 5.82 Å². The van der Waals surface area contributed by atoms with Gasteiger partial charge in [-0.25, -0.2) is 4.39 Å². The van der Waals surface area contributed by atoms with E-state index in [0.29, 0.717) is 49.8 Å². The van der Waals surface area contributed by atoms with Crippen LogP contribution in [0.3, 0.4) is 0 Å². The summed E-state index contributed by atoms with van der Waals surface area (Å²) in [5.41, 5.74) is 0.641. The highest BCUT2D eigenvalue weighted by Crippen LogP contribution is 2.25. The van der Waals surface area contributed by atoms with E-state index in [1.807, 2.05) is 17.0 Å². The lowest BCUT2D eigenvalue weighted by atomic mass is 10.2. The Morgan fingerprint density at radius 2 is 1.71 bits per heavy atom. The van der Waals surface area contributed by atoms with Crippen molar-refractivity contribution in [3.8, 4) is 0 Å². The molecule has 1 saturated carbocycles. The molecule has 2 heterocycles. The van der Waals surface area contributed by atoms with E-state index in [1.165, 1.54) is 6.07 Å². The smallest absolute Gasteiger partial charge is 0.231 e. The molecule has 6 nitrogen and oxygen atoms in total. The van der Waals surface area contributed by atoms with Crippen LogP contribution in [0.4, 0.5) is 22.0 Å². The average molecular weight is 349 g/mol. The molecule has 0 unspecified atom stereocenters. The zero-order valence-electron chi connectivity index (χ0n) is 13.1. The first-order valence-electron chi connectivity index (χ1n) is 8.11. The second-order valence-electron chi connectivity index (χ2n) is 6.07. The highest BCUT2D eigenvalue weighted by Gasteiger charge is 2.25. The Balaban J connectivity index is 1.45. The van der Waals surface area contributed by atoms with Crippen LogP contribution in [0.5, 0.6) is 0 Å². The van der Waals surface area contributed by atoms with Crippen molar-refractivity contribution in [2.45, 2.75) is 18.9 Å². The zero-order chi connectivity index (χ0) is 16.5. The number of rotatable bonds is 4. The first-order chi connectivity index (χ1) is 11.7. The maximum Gasteiger partial charge on any atom is 0.231 e. The highest BCUT2D eigenvalue weighted by atomic mass is 35.5. The Morgan fingerprint density at radius 1 is 1.00 bits per heavy atom. The summed E-state index contributed by atoms with van der Waals surface area (Å²) in [4.78, 5) is 16.9. The summed E-state index contributed by atoms with van der Waals surface area (Å²) in [6.45, 7) is 2.82. The SMILES string of the molecule is Fc1ccccc1N1CCN(c2nc(Cl)nc(NC3CC3)n2)CC1. The summed E-state index contributed by atoms with van der Waals surface area (Å²) < 4.78 is 13.9. The lowest BCUT2D eigenvalue weighted by molar-refractivity contribution is 0.593. The molecule has 2 fully saturated rings. The lowest BCUT2D eigenvalue weighted by Crippen LogP contribution is -2.47. The molecule has 0 atom stereocenters. The topological polar surface area (TPSA) is 57.2 Å². The molecule has 24 heavy (non-hydrogen) atoms. The number of hydrogen-bond donors (Lipinski definition) is 1. The fraction of sp³-hybridized carbons (Fsp3) is 0.438. The minimum Gasteiger partial charge on any atom is -0.366 e. The van der Waals surface area contributed by atoms with Gasteiger partial charge in [0.05, 0.1) is 5.69 Å². The number of anilines is 3. The maximum absolute atomic E-state index is 13.9. The lowest BCUT2D eigenvalue weighted by Gasteiger charge is -2.36. The molecule has 1 aliphatic heterocycles. The van der Waals surface area contributed by atoms with Gasteiger partial charge in [-0.2, -0.15) is 15.0 Å². The third kappa shape index (κ3) is 3.36. The van der Waals surface area contributed by atoms with Crippen LogP contribution in [0.25, 0.3) is 0 Å². The van der Waals surface area contributed by atoms with Crippen molar-refractivity contribution in [1.29, 1.82) is 0 Å². The molecule has 1 aromatic heterocycles. The summed E-state index contributed by atoms with van der Waals surface area (Å²) in [6.07, 6.45) is 2.28. The first kappa shape index (κ1) is 15.4. The van der Waals surface area contributed by atoms with E-state index < -0.39 is 0 Å². The molecular formula is C16H18ClFN6. The third-order valence-electron chi connectivity index (χ3n) is 4.26. The molecule has 0 bridgehead atoms. The zero-order valence-corrected chi connectivity index (χ0v) is 13.9. The van der Waals surface area contributed by atoms with Crippen LogP contribution >= 0.6 is 11.6 Å². The van der Waals surface area contributed by atoms with Crippen LogP contribution in [0.2, 0.25) is 5.28 Å². The molecular weight excluding hydrogens is 331 g/mol. The summed E-state index contributed by atoms with van der Waals surface area (Å²) in [6, 6.07) is 7.31. The Bertz CT molecular complexity index is 730. The summed E-state index contributed by atoms with van der Waals surface area (Å²) >= 11 is 6.03. The number of para-hydroxylation sites is 1. The molecule has 0 amide bonds. The number of benzene rings is 1. The van der Waals surface area contributed by atoms with E-state index in [9.17, 15) is 4.39 Å². The van der Waals surface area contributed by atoms with Crippen molar-refractivity contribution in [3.05, 3.63) is 35.4 Å². The molecule has 126 valence electrons. The largest absolute Gasteiger partial charge is 0.366 e. The Kier molecular flexibility index (Phi) is 4.10. The minimum atomic E-state index is -0.190. The number of nitrogens with zero attached hydrogens (tertiary/aromatic N) is 5. The number of nitrogens with one attached hydrogen (secondary N) is 1. The van der Waals surface area contributed by atoms with Gasteiger partial charge in [-0.1, -0.05) is 12.1 Å². The van der Waals surface area contributed by atoms with Crippen molar-refractivity contribution in [2.24, 2.45) is 0 Å². The van der Waals surface area contributed by atoms with Crippen LogP contribution in [0.1, 0.15) is 12.8 Å². The van der Waals surface area contributed by atoms with E-state index in [0.717, 1.165) is 12.8 Å². The minimum absolute atomic E-state index is 0.190. The van der Waals surface area contributed by atoms with Gasteiger partial charge in [0.25, 0.3) is 0 Å². The van der Waals surface area contributed by atoms with Crippen LogP contribution in [-0.4, -0.2) is 47.2 Å². The van der Waals surface area contributed by atoms with Crippen LogP contribution in [0.15, 0.2) is 24.3 Å². The van der Waals surface area contributed by atoms with Gasteiger partial charge in [-0.3, -0.25) is 0 Å². The van der Waals surface area contributed by atoms with Gasteiger partial charge in [-0.05, 0) is 36.6 Å². The molecule has 4 rings (SSSR count). The van der Waals surface area contributed by atoms with E-state index in [1.54, 1.807) is 6.07 Å². The molecule has 1 aliphatic carbocycles. The molecule has 0 radical (unpaired) electrons. The van der Waals surface area contributed by atoms with E-state index in [2.05, 4.69) is 25.2 Å². The summed E-state index contributed by atoms with van der Waals surface area (Å²) in [5.74, 6) is 0.917. The quantitative estimate of drug-likeness (QED) is 0.916. The average Bonchev–Trinajstić information content (AvgIpc) is 3.39. The van der Waals surface area contributed by atoms with E-state index >= 15 is 0 Å². The van der Waals surface area contributed by atoms with Gasteiger partial charge in [0, 0.05) is 32.2 Å². The van der Waals surface area contributed by atoms with Crippen molar-refractivity contribution in [2.75, 3.05) is 41.3 Å². The molecule has 8 heteroatoms. The van der Waals surface area contributed by atoms with Crippen molar-refractivity contribution >= 4 is 29.2 Å². The van der Waals surface area contributed by atoms with Gasteiger partial charge in [0.15, 0.2) is 0 Å². The van der Waals surface area contributed by atoms with Gasteiger partial charge >= 0.3 is 0 Å². The fourth-order valence-corrected chi connectivity index (χ4v) is 2.97. The van der Waals surface area contributed by atoms with Crippen molar-refractivity contribution in [3.63, 3.8) is 0 Å². The predicted octanol–water partition coefficient (Wildman–Crippen LogP) is 2.57. The van der Waals surface area contributed by atoms with Crippen molar-refractivity contribution in [1.82, 2.24) is 15.0 Å². The summed E-state index contributed by atoms with van der Waals surface area (Å²) in [5, 5.41) is 3.44. The van der Waals surface area contributed by atoms with Gasteiger partial charge in [0.2, 0.25) is 17.2 Å². The predicted molar refractivity (Wildman–Crippen MR) is 92.3 cm³/mol. The maximum atomic E-state index is 13.9. The normalized spacial score (nSPS) is 17.9. The molecule has 1 aromatic carbocycles. The van der Waals surface area contributed by atoms with Gasteiger partial charge in [0.1, 0.15) is 5.82 Å².